The van der Waals surface area contributed by atoms with Crippen molar-refractivity contribution in [1.82, 2.24) is 4.90 Å². The zero-order valence-electron chi connectivity index (χ0n) is 30.6. The van der Waals surface area contributed by atoms with Crippen molar-refractivity contribution in [2.75, 3.05) is 26.3 Å². The van der Waals surface area contributed by atoms with Crippen LogP contribution < -0.4 is 0 Å². The first-order valence-corrected chi connectivity index (χ1v) is 19.0. The van der Waals surface area contributed by atoms with E-state index >= 15 is 0 Å². The summed E-state index contributed by atoms with van der Waals surface area (Å²) in [4.78, 5) is 28.4. The molecule has 14 nitrogen and oxygen atoms in total. The standard InChI is InChI=1S/C36H65NO13/c1-5-7-9-11-13-15-25(21-27(38)37-17-19-45-20-18-37)48-28(39)22-26(16-14-12-10-8-6-2)49-36-34(32(43)30(41)24(4)47-36)50-35-33(44)31(42)29(40)23(3)46-35/h23-26,29-36,40-44H,5-22H2,1-4H3/t23-,24-,25+,26+,29-,30-,31+,32+,33+,34+,35-,36-/m0/s1. The molecule has 5 N–H and O–H groups in total. The number of unbranched alkanes of at least 4 members (excludes halogenated alkanes) is 8. The van der Waals surface area contributed by atoms with Gasteiger partial charge in [0.15, 0.2) is 12.6 Å². The summed E-state index contributed by atoms with van der Waals surface area (Å²) in [5, 5.41) is 52.8. The van der Waals surface area contributed by atoms with Gasteiger partial charge in [-0.1, -0.05) is 71.6 Å². The topological polar surface area (TPSA) is 194 Å². The molecule has 3 rings (SSSR count). The average Bonchev–Trinajstić information content (AvgIpc) is 3.10. The van der Waals surface area contributed by atoms with Crippen LogP contribution in [-0.2, 0) is 38.0 Å². The molecule has 1 amide bonds. The van der Waals surface area contributed by atoms with Crippen molar-refractivity contribution in [3.63, 3.8) is 0 Å². The lowest BCUT2D eigenvalue weighted by Crippen LogP contribution is -2.63. The van der Waals surface area contributed by atoms with Gasteiger partial charge >= 0.3 is 5.97 Å². The number of rotatable bonds is 21. The zero-order valence-corrected chi connectivity index (χ0v) is 30.6. The second kappa shape index (κ2) is 22.6. The molecule has 0 unspecified atom stereocenters. The predicted molar refractivity (Wildman–Crippen MR) is 182 cm³/mol. The van der Waals surface area contributed by atoms with Crippen molar-refractivity contribution < 1.29 is 63.5 Å². The summed E-state index contributed by atoms with van der Waals surface area (Å²) in [7, 11) is 0. The third kappa shape index (κ3) is 13.5. The Morgan fingerprint density at radius 1 is 0.680 bits per heavy atom. The summed E-state index contributed by atoms with van der Waals surface area (Å²) in [5.74, 6) is -0.588. The van der Waals surface area contributed by atoms with Crippen molar-refractivity contribution in [1.29, 1.82) is 0 Å². The highest BCUT2D eigenvalue weighted by Crippen LogP contribution is 2.31. The normalized spacial score (nSPS) is 33.2. The molecule has 0 aromatic rings. The van der Waals surface area contributed by atoms with Gasteiger partial charge in [-0.2, -0.15) is 0 Å². The molecule has 3 heterocycles. The number of carbonyl (C=O) groups is 2. The van der Waals surface area contributed by atoms with E-state index < -0.39 is 79.6 Å². The van der Waals surface area contributed by atoms with E-state index in [0.29, 0.717) is 39.1 Å². The molecule has 0 radical (unpaired) electrons. The lowest BCUT2D eigenvalue weighted by atomic mass is 9.97. The number of hydrogen-bond donors (Lipinski definition) is 5. The summed E-state index contributed by atoms with van der Waals surface area (Å²) >= 11 is 0. The van der Waals surface area contributed by atoms with Gasteiger partial charge in [-0.05, 0) is 33.1 Å². The number of ether oxygens (including phenoxy) is 6. The van der Waals surface area contributed by atoms with Gasteiger partial charge in [0.1, 0.15) is 42.7 Å². The summed E-state index contributed by atoms with van der Waals surface area (Å²) in [6.07, 6.45) is -3.75. The largest absolute Gasteiger partial charge is 0.462 e. The summed E-state index contributed by atoms with van der Waals surface area (Å²) in [5.41, 5.74) is 0. The molecule has 0 spiro atoms. The lowest BCUT2D eigenvalue weighted by Gasteiger charge is -2.46. The van der Waals surface area contributed by atoms with Gasteiger partial charge in [-0.3, -0.25) is 9.59 Å². The number of esters is 1. The van der Waals surface area contributed by atoms with Crippen LogP contribution in [0.15, 0.2) is 0 Å². The van der Waals surface area contributed by atoms with Crippen LogP contribution in [0, 0.1) is 0 Å². The highest BCUT2D eigenvalue weighted by atomic mass is 16.8. The van der Waals surface area contributed by atoms with E-state index in [1.165, 1.54) is 6.92 Å². The fraction of sp³-hybridized carbons (Fsp3) is 0.944. The van der Waals surface area contributed by atoms with E-state index in [2.05, 4.69) is 13.8 Å². The van der Waals surface area contributed by atoms with Gasteiger partial charge in [0, 0.05) is 13.1 Å². The minimum absolute atomic E-state index is 0.0698. The highest BCUT2D eigenvalue weighted by Gasteiger charge is 2.50. The Morgan fingerprint density at radius 3 is 1.82 bits per heavy atom. The first kappa shape index (κ1) is 42.9. The van der Waals surface area contributed by atoms with Crippen LogP contribution in [0.2, 0.25) is 0 Å². The monoisotopic (exact) mass is 719 g/mol. The van der Waals surface area contributed by atoms with E-state index in [1.807, 2.05) is 0 Å². The molecule has 3 saturated heterocycles. The van der Waals surface area contributed by atoms with E-state index in [9.17, 15) is 35.1 Å². The predicted octanol–water partition coefficient (Wildman–Crippen LogP) is 2.32. The number of aliphatic hydroxyl groups is 5. The molecule has 12 atom stereocenters. The van der Waals surface area contributed by atoms with Gasteiger partial charge in [-0.15, -0.1) is 0 Å². The van der Waals surface area contributed by atoms with Crippen LogP contribution in [0.25, 0.3) is 0 Å². The minimum atomic E-state index is -1.66. The van der Waals surface area contributed by atoms with Crippen molar-refractivity contribution in [2.24, 2.45) is 0 Å². The molecule has 50 heavy (non-hydrogen) atoms. The lowest BCUT2D eigenvalue weighted by molar-refractivity contribution is -0.366. The third-order valence-electron chi connectivity index (χ3n) is 9.93. The van der Waals surface area contributed by atoms with E-state index in [4.69, 9.17) is 28.4 Å². The first-order valence-electron chi connectivity index (χ1n) is 19.0. The fourth-order valence-electron chi connectivity index (χ4n) is 6.66. The molecule has 3 aliphatic heterocycles. The number of aliphatic hydroxyl groups excluding tert-OH is 5. The van der Waals surface area contributed by atoms with Gasteiger partial charge in [0.05, 0.1) is 44.4 Å². The minimum Gasteiger partial charge on any atom is -0.462 e. The zero-order chi connectivity index (χ0) is 36.6. The van der Waals surface area contributed by atoms with E-state index in [1.54, 1.807) is 11.8 Å². The SMILES string of the molecule is CCCCCCC[C@H](CC(=O)N1CCOCC1)OC(=O)C[C@@H](CCCCCCC)O[C@@H]1O[C@@H](C)[C@H](O)[C@@H](O)[C@H]1O[C@@H]1O[C@@H](C)[C@H](O)[C@@H](O)[C@H]1O. The highest BCUT2D eigenvalue weighted by molar-refractivity contribution is 5.77. The Kier molecular flexibility index (Phi) is 19.4. The van der Waals surface area contributed by atoms with Crippen molar-refractivity contribution in [2.45, 2.75) is 191 Å². The molecule has 14 heteroatoms. The third-order valence-corrected chi connectivity index (χ3v) is 9.93. The molecule has 0 bridgehead atoms. The first-order chi connectivity index (χ1) is 24.0. The van der Waals surface area contributed by atoms with Gasteiger partial charge in [-0.25, -0.2) is 0 Å². The molecule has 0 aliphatic carbocycles. The Bertz CT molecular complexity index is 968. The number of morpholine rings is 1. The van der Waals surface area contributed by atoms with E-state index in [0.717, 1.165) is 64.2 Å². The maximum Gasteiger partial charge on any atom is 0.308 e. The second-order valence-corrected chi connectivity index (χ2v) is 14.1. The molecule has 0 saturated carbocycles. The Morgan fingerprint density at radius 2 is 1.22 bits per heavy atom. The number of hydrogen-bond acceptors (Lipinski definition) is 13. The Labute approximate surface area is 297 Å². The van der Waals surface area contributed by atoms with Crippen LogP contribution in [0.4, 0.5) is 0 Å². The van der Waals surface area contributed by atoms with E-state index in [-0.39, 0.29) is 18.7 Å². The smallest absolute Gasteiger partial charge is 0.308 e. The second-order valence-electron chi connectivity index (χ2n) is 14.1. The van der Waals surface area contributed by atoms with Gasteiger partial charge < -0.3 is 58.9 Å². The Balaban J connectivity index is 1.73. The molecular formula is C36H65NO13. The summed E-state index contributed by atoms with van der Waals surface area (Å²) < 4.78 is 35.2. The average molecular weight is 720 g/mol. The van der Waals surface area contributed by atoms with Crippen molar-refractivity contribution in [3.05, 3.63) is 0 Å². The summed E-state index contributed by atoms with van der Waals surface area (Å²) in [6, 6.07) is 0. The molecule has 3 aliphatic rings. The fourth-order valence-corrected chi connectivity index (χ4v) is 6.66. The Hall–Kier alpha value is -1.46. The van der Waals surface area contributed by atoms with Crippen molar-refractivity contribution in [3.8, 4) is 0 Å². The number of nitrogens with zero attached hydrogens (tertiary/aromatic N) is 1. The molecule has 292 valence electrons. The van der Waals surface area contributed by atoms with Crippen molar-refractivity contribution >= 4 is 11.9 Å². The molecule has 3 fully saturated rings. The molecule has 0 aromatic heterocycles. The quantitative estimate of drug-likeness (QED) is 0.0858. The van der Waals surface area contributed by atoms with Crippen LogP contribution in [0.1, 0.15) is 118 Å². The maximum absolute atomic E-state index is 13.5. The van der Waals surface area contributed by atoms with Crippen LogP contribution in [0.5, 0.6) is 0 Å². The van der Waals surface area contributed by atoms with Gasteiger partial charge in [0.2, 0.25) is 5.91 Å². The van der Waals surface area contributed by atoms with Crippen LogP contribution in [0.3, 0.4) is 0 Å². The number of amides is 1. The molecular weight excluding hydrogens is 654 g/mol. The van der Waals surface area contributed by atoms with Gasteiger partial charge in [0.25, 0.3) is 0 Å². The maximum atomic E-state index is 13.5. The van der Waals surface area contributed by atoms with Crippen LogP contribution in [-0.4, -0.2) is 142 Å². The van der Waals surface area contributed by atoms with Crippen LogP contribution >= 0.6 is 0 Å². The summed E-state index contributed by atoms with van der Waals surface area (Å²) in [6.45, 7) is 9.32. The number of carbonyl (C=O) groups excluding carboxylic acids is 2. The molecule has 0 aromatic carbocycles.